The molecule has 0 saturated carbocycles. The third-order valence-electron chi connectivity index (χ3n) is 3.66. The second-order valence-electron chi connectivity index (χ2n) is 5.43. The lowest BCUT2D eigenvalue weighted by Gasteiger charge is -1.96. The topological polar surface area (TPSA) is 77.8 Å². The molecule has 0 radical (unpaired) electrons. The third kappa shape index (κ3) is 3.63. The molecule has 0 aliphatic heterocycles. The van der Waals surface area contributed by atoms with Crippen LogP contribution in [0.25, 0.3) is 22.8 Å². The van der Waals surface area contributed by atoms with Gasteiger partial charge in [-0.1, -0.05) is 22.8 Å². The predicted octanol–water partition coefficient (Wildman–Crippen LogP) is 4.75. The van der Waals surface area contributed by atoms with Crippen molar-refractivity contribution in [3.63, 3.8) is 0 Å². The van der Waals surface area contributed by atoms with E-state index in [1.165, 1.54) is 4.90 Å². The Morgan fingerprint density at radius 1 is 1.00 bits per heavy atom. The summed E-state index contributed by atoms with van der Waals surface area (Å²) in [5.41, 5.74) is 1.65. The molecule has 2 aromatic heterocycles. The number of halogens is 1. The summed E-state index contributed by atoms with van der Waals surface area (Å²) in [5.74, 6) is 1.74. The van der Waals surface area contributed by atoms with E-state index in [2.05, 4.69) is 20.3 Å². The number of benzene rings is 2. The summed E-state index contributed by atoms with van der Waals surface area (Å²) in [6.07, 6.45) is 2.30. The number of nitrogens with zero attached hydrogens (tertiary/aromatic N) is 4. The van der Waals surface area contributed by atoms with Crippen LogP contribution in [0.2, 0.25) is 5.02 Å². The molecule has 4 aromatic rings. The fourth-order valence-electron chi connectivity index (χ4n) is 2.38. The standard InChI is InChI=1S/C18H13ClN4O2S/c1-26-14-7-5-11(6-8-14)17-20-15(25-23-17)10-16-21-22-18(24-16)12-3-2-4-13(19)9-12/h2-9H,10H2,1H3. The Bertz CT molecular complexity index is 1030. The molecule has 0 fully saturated rings. The van der Waals surface area contributed by atoms with Crippen LogP contribution in [0.1, 0.15) is 11.8 Å². The monoisotopic (exact) mass is 384 g/mol. The number of thioether (sulfide) groups is 1. The Labute approximate surface area is 158 Å². The zero-order valence-corrected chi connectivity index (χ0v) is 15.3. The first-order valence-electron chi connectivity index (χ1n) is 7.76. The highest BCUT2D eigenvalue weighted by atomic mass is 35.5. The van der Waals surface area contributed by atoms with Crippen molar-refractivity contribution in [1.82, 2.24) is 20.3 Å². The SMILES string of the molecule is CSc1ccc(-c2noc(Cc3nnc(-c4cccc(Cl)c4)o3)n2)cc1. The number of hydrogen-bond acceptors (Lipinski definition) is 7. The van der Waals surface area contributed by atoms with Gasteiger partial charge < -0.3 is 8.94 Å². The molecular formula is C18H13ClN4O2S. The molecule has 26 heavy (non-hydrogen) atoms. The zero-order chi connectivity index (χ0) is 17.9. The molecular weight excluding hydrogens is 372 g/mol. The van der Waals surface area contributed by atoms with E-state index in [0.717, 1.165) is 11.1 Å². The van der Waals surface area contributed by atoms with E-state index in [4.69, 9.17) is 20.5 Å². The molecule has 2 heterocycles. The van der Waals surface area contributed by atoms with Crippen LogP contribution in [0.5, 0.6) is 0 Å². The van der Waals surface area contributed by atoms with Crippen molar-refractivity contribution in [1.29, 1.82) is 0 Å². The Morgan fingerprint density at radius 2 is 1.85 bits per heavy atom. The van der Waals surface area contributed by atoms with E-state index in [1.807, 2.05) is 42.7 Å². The molecule has 8 heteroatoms. The summed E-state index contributed by atoms with van der Waals surface area (Å²) in [6.45, 7) is 0. The van der Waals surface area contributed by atoms with Gasteiger partial charge in [0.1, 0.15) is 6.42 Å². The van der Waals surface area contributed by atoms with Gasteiger partial charge in [0.25, 0.3) is 0 Å². The first-order valence-corrected chi connectivity index (χ1v) is 9.37. The van der Waals surface area contributed by atoms with Crippen LogP contribution >= 0.6 is 23.4 Å². The van der Waals surface area contributed by atoms with Crippen molar-refractivity contribution >= 4 is 23.4 Å². The van der Waals surface area contributed by atoms with Crippen molar-refractivity contribution in [2.45, 2.75) is 11.3 Å². The fraction of sp³-hybridized carbons (Fsp3) is 0.111. The molecule has 2 aromatic carbocycles. The second kappa shape index (κ2) is 7.31. The average molecular weight is 385 g/mol. The molecule has 0 atom stereocenters. The van der Waals surface area contributed by atoms with Gasteiger partial charge in [-0.05, 0) is 48.7 Å². The van der Waals surface area contributed by atoms with Gasteiger partial charge in [0.15, 0.2) is 0 Å². The first kappa shape index (κ1) is 16.8. The molecule has 0 N–H and O–H groups in total. The van der Waals surface area contributed by atoms with Crippen molar-refractivity contribution in [3.8, 4) is 22.8 Å². The highest BCUT2D eigenvalue weighted by molar-refractivity contribution is 7.98. The van der Waals surface area contributed by atoms with Crippen LogP contribution in [0.15, 0.2) is 62.4 Å². The van der Waals surface area contributed by atoms with Gasteiger partial charge >= 0.3 is 0 Å². The smallest absolute Gasteiger partial charge is 0.247 e. The molecule has 0 aliphatic carbocycles. The quantitative estimate of drug-likeness (QED) is 0.459. The van der Waals surface area contributed by atoms with Crippen molar-refractivity contribution < 1.29 is 8.94 Å². The third-order valence-corrected chi connectivity index (χ3v) is 4.64. The lowest BCUT2D eigenvalue weighted by Crippen LogP contribution is -1.89. The minimum absolute atomic E-state index is 0.267. The zero-order valence-electron chi connectivity index (χ0n) is 13.7. The summed E-state index contributed by atoms with van der Waals surface area (Å²) in [7, 11) is 0. The normalized spacial score (nSPS) is 11.0. The summed E-state index contributed by atoms with van der Waals surface area (Å²) < 4.78 is 11.0. The lowest BCUT2D eigenvalue weighted by atomic mass is 10.2. The predicted molar refractivity (Wildman–Crippen MR) is 99.1 cm³/mol. The number of rotatable bonds is 5. The van der Waals surface area contributed by atoms with Crippen molar-refractivity contribution in [2.75, 3.05) is 6.26 Å². The Morgan fingerprint density at radius 3 is 2.62 bits per heavy atom. The largest absolute Gasteiger partial charge is 0.420 e. The van der Waals surface area contributed by atoms with E-state index < -0.39 is 0 Å². The molecule has 0 aliphatic rings. The van der Waals surface area contributed by atoms with Gasteiger partial charge in [-0.15, -0.1) is 22.0 Å². The van der Waals surface area contributed by atoms with Crippen molar-refractivity contribution in [2.24, 2.45) is 0 Å². The van der Waals surface area contributed by atoms with E-state index in [0.29, 0.717) is 28.5 Å². The van der Waals surface area contributed by atoms with Gasteiger partial charge in [0.05, 0.1) is 0 Å². The van der Waals surface area contributed by atoms with Crippen LogP contribution in [0.3, 0.4) is 0 Å². The maximum atomic E-state index is 5.99. The highest BCUT2D eigenvalue weighted by Crippen LogP contribution is 2.23. The van der Waals surface area contributed by atoms with Gasteiger partial charge in [-0.25, -0.2) is 0 Å². The molecule has 4 rings (SSSR count). The van der Waals surface area contributed by atoms with Crippen LogP contribution in [-0.2, 0) is 6.42 Å². The van der Waals surface area contributed by atoms with E-state index in [1.54, 1.807) is 23.9 Å². The second-order valence-corrected chi connectivity index (χ2v) is 6.74. The summed E-state index contributed by atoms with van der Waals surface area (Å²) in [5, 5.41) is 12.7. The van der Waals surface area contributed by atoms with E-state index in [-0.39, 0.29) is 6.42 Å². The molecule has 0 spiro atoms. The Balaban J connectivity index is 1.51. The van der Waals surface area contributed by atoms with Gasteiger partial charge in [-0.3, -0.25) is 0 Å². The van der Waals surface area contributed by atoms with Crippen LogP contribution in [-0.4, -0.2) is 26.6 Å². The molecule has 0 bridgehead atoms. The van der Waals surface area contributed by atoms with Crippen LogP contribution in [0, 0.1) is 0 Å². The van der Waals surface area contributed by atoms with Crippen LogP contribution in [0.4, 0.5) is 0 Å². The maximum absolute atomic E-state index is 5.99. The van der Waals surface area contributed by atoms with E-state index in [9.17, 15) is 0 Å². The Hall–Kier alpha value is -2.64. The Kier molecular flexibility index (Phi) is 4.73. The first-order chi connectivity index (χ1) is 12.7. The molecule has 130 valence electrons. The lowest BCUT2D eigenvalue weighted by molar-refractivity contribution is 0.374. The van der Waals surface area contributed by atoms with Crippen molar-refractivity contribution in [3.05, 3.63) is 65.3 Å². The van der Waals surface area contributed by atoms with Gasteiger partial charge in [0, 0.05) is 21.0 Å². The van der Waals surface area contributed by atoms with Gasteiger partial charge in [-0.2, -0.15) is 4.98 Å². The van der Waals surface area contributed by atoms with Gasteiger partial charge in [0.2, 0.25) is 23.5 Å². The fourth-order valence-corrected chi connectivity index (χ4v) is 2.98. The summed E-state index contributed by atoms with van der Waals surface area (Å²) >= 11 is 7.67. The maximum Gasteiger partial charge on any atom is 0.247 e. The van der Waals surface area contributed by atoms with Crippen LogP contribution < -0.4 is 0 Å². The minimum atomic E-state index is 0.267. The summed E-state index contributed by atoms with van der Waals surface area (Å²) in [6, 6.07) is 15.2. The highest BCUT2D eigenvalue weighted by Gasteiger charge is 2.14. The van der Waals surface area contributed by atoms with E-state index >= 15 is 0 Å². The molecule has 0 unspecified atom stereocenters. The number of hydrogen-bond donors (Lipinski definition) is 0. The molecule has 0 amide bonds. The summed E-state index contributed by atoms with van der Waals surface area (Å²) in [4.78, 5) is 5.57. The molecule has 6 nitrogen and oxygen atoms in total. The number of aromatic nitrogens is 4. The average Bonchev–Trinajstić information content (AvgIpc) is 3.32. The minimum Gasteiger partial charge on any atom is -0.420 e. The molecule has 0 saturated heterocycles.